The van der Waals surface area contributed by atoms with Gasteiger partial charge in [0.05, 0.1) is 6.07 Å². The second-order valence-corrected chi connectivity index (χ2v) is 7.24. The van der Waals surface area contributed by atoms with Crippen molar-refractivity contribution in [2.24, 2.45) is 0 Å². The van der Waals surface area contributed by atoms with Crippen LogP contribution < -0.4 is 16.0 Å². The van der Waals surface area contributed by atoms with Gasteiger partial charge in [0.25, 0.3) is 0 Å². The third kappa shape index (κ3) is 5.06. The van der Waals surface area contributed by atoms with E-state index in [-0.39, 0.29) is 18.3 Å². The standard InChI is InChI=1S/C21H24F3N7/c1-13-17(29-20-28-12-16(21(22,23)24)19(26-2)30-20)5-4-15(18(13)27-9-8-25)14-6-10-31(3)11-7-14/h4-6,12,27H,7,9-11H2,1-3H3,(H2,26,28,29,30). The van der Waals surface area contributed by atoms with Crippen LogP contribution in [0.1, 0.15) is 23.1 Å². The second kappa shape index (κ2) is 9.22. The monoisotopic (exact) mass is 431 g/mol. The summed E-state index contributed by atoms with van der Waals surface area (Å²) in [6.45, 7) is 3.79. The number of nitriles is 1. The molecule has 0 fully saturated rings. The lowest BCUT2D eigenvalue weighted by molar-refractivity contribution is -0.137. The molecule has 1 aliphatic heterocycles. The molecule has 0 unspecified atom stereocenters. The third-order valence-corrected chi connectivity index (χ3v) is 5.14. The number of halogens is 3. The molecule has 0 amide bonds. The minimum atomic E-state index is -4.55. The molecule has 0 spiro atoms. The number of hydrogen-bond acceptors (Lipinski definition) is 7. The Labute approximate surface area is 179 Å². The van der Waals surface area contributed by atoms with Gasteiger partial charge in [0.1, 0.15) is 17.9 Å². The molecule has 31 heavy (non-hydrogen) atoms. The van der Waals surface area contributed by atoms with Gasteiger partial charge >= 0.3 is 6.18 Å². The number of benzene rings is 1. The van der Waals surface area contributed by atoms with Crippen molar-refractivity contribution in [2.45, 2.75) is 19.5 Å². The van der Waals surface area contributed by atoms with Crippen LogP contribution in [0.4, 0.5) is 36.3 Å². The Kier molecular flexibility index (Phi) is 6.65. The van der Waals surface area contributed by atoms with Crippen molar-refractivity contribution < 1.29 is 13.2 Å². The molecule has 0 saturated carbocycles. The highest BCUT2D eigenvalue weighted by Gasteiger charge is 2.35. The molecule has 164 valence electrons. The third-order valence-electron chi connectivity index (χ3n) is 5.14. The predicted octanol–water partition coefficient (Wildman–Crippen LogP) is 4.24. The van der Waals surface area contributed by atoms with Crippen molar-refractivity contribution in [2.75, 3.05) is 49.7 Å². The first-order chi connectivity index (χ1) is 14.7. The zero-order chi connectivity index (χ0) is 22.6. The van der Waals surface area contributed by atoms with Crippen LogP contribution in [0.5, 0.6) is 0 Å². The molecule has 0 saturated heterocycles. The fourth-order valence-corrected chi connectivity index (χ4v) is 3.45. The Morgan fingerprint density at radius 2 is 2.06 bits per heavy atom. The highest BCUT2D eigenvalue weighted by Crippen LogP contribution is 2.37. The first-order valence-electron chi connectivity index (χ1n) is 9.76. The van der Waals surface area contributed by atoms with Gasteiger partial charge < -0.3 is 20.9 Å². The number of likely N-dealkylation sites (N-methyl/N-ethyl adjacent to an activating group) is 1. The number of alkyl halides is 3. The molecule has 1 aromatic carbocycles. The van der Waals surface area contributed by atoms with Crippen molar-refractivity contribution in [1.29, 1.82) is 5.26 Å². The quantitative estimate of drug-likeness (QED) is 0.590. The summed E-state index contributed by atoms with van der Waals surface area (Å²) in [5.41, 5.74) is 3.54. The Morgan fingerprint density at radius 1 is 1.29 bits per heavy atom. The summed E-state index contributed by atoms with van der Waals surface area (Å²) < 4.78 is 39.3. The van der Waals surface area contributed by atoms with E-state index < -0.39 is 11.7 Å². The van der Waals surface area contributed by atoms with E-state index in [9.17, 15) is 13.2 Å². The molecule has 3 N–H and O–H groups in total. The Balaban J connectivity index is 1.96. The van der Waals surface area contributed by atoms with E-state index in [0.717, 1.165) is 42.5 Å². The maximum Gasteiger partial charge on any atom is 0.421 e. The Bertz CT molecular complexity index is 1020. The van der Waals surface area contributed by atoms with Crippen LogP contribution in [0.2, 0.25) is 0 Å². The number of aromatic nitrogens is 2. The van der Waals surface area contributed by atoms with Gasteiger partial charge in [-0.15, -0.1) is 0 Å². The van der Waals surface area contributed by atoms with Crippen LogP contribution in [0, 0.1) is 18.3 Å². The summed E-state index contributed by atoms with van der Waals surface area (Å²) in [4.78, 5) is 10.0. The molecule has 2 aromatic rings. The number of rotatable bonds is 6. The fraction of sp³-hybridized carbons (Fsp3) is 0.381. The van der Waals surface area contributed by atoms with E-state index in [1.54, 1.807) is 0 Å². The molecule has 2 heterocycles. The molecule has 10 heteroatoms. The van der Waals surface area contributed by atoms with E-state index in [4.69, 9.17) is 5.26 Å². The lowest BCUT2D eigenvalue weighted by atomic mass is 9.95. The summed E-state index contributed by atoms with van der Waals surface area (Å²) in [5, 5.41) is 17.7. The molecule has 0 atom stereocenters. The van der Waals surface area contributed by atoms with Crippen molar-refractivity contribution >= 4 is 28.7 Å². The van der Waals surface area contributed by atoms with E-state index in [1.807, 2.05) is 19.1 Å². The molecular weight excluding hydrogens is 407 g/mol. The first-order valence-corrected chi connectivity index (χ1v) is 9.76. The Morgan fingerprint density at radius 3 is 2.68 bits per heavy atom. The number of nitrogens with zero attached hydrogens (tertiary/aromatic N) is 4. The van der Waals surface area contributed by atoms with Gasteiger partial charge in [0.15, 0.2) is 0 Å². The zero-order valence-corrected chi connectivity index (χ0v) is 17.6. The highest BCUT2D eigenvalue weighted by atomic mass is 19.4. The maximum atomic E-state index is 13.1. The maximum absolute atomic E-state index is 13.1. The van der Waals surface area contributed by atoms with Gasteiger partial charge in [-0.1, -0.05) is 12.1 Å². The number of hydrogen-bond donors (Lipinski definition) is 3. The minimum Gasteiger partial charge on any atom is -0.372 e. The fourth-order valence-electron chi connectivity index (χ4n) is 3.45. The normalized spacial score (nSPS) is 14.5. The van der Waals surface area contributed by atoms with E-state index in [1.165, 1.54) is 12.6 Å². The summed E-state index contributed by atoms with van der Waals surface area (Å²) in [6.07, 6.45) is -0.744. The smallest absolute Gasteiger partial charge is 0.372 e. The van der Waals surface area contributed by atoms with Gasteiger partial charge in [0, 0.05) is 43.3 Å². The highest BCUT2D eigenvalue weighted by molar-refractivity contribution is 5.83. The van der Waals surface area contributed by atoms with Crippen molar-refractivity contribution in [3.63, 3.8) is 0 Å². The summed E-state index contributed by atoms with van der Waals surface area (Å²) in [5.74, 6) is -0.267. The summed E-state index contributed by atoms with van der Waals surface area (Å²) in [6, 6.07) is 5.87. The lowest BCUT2D eigenvalue weighted by Gasteiger charge is -2.25. The van der Waals surface area contributed by atoms with Gasteiger partial charge in [0.2, 0.25) is 5.95 Å². The van der Waals surface area contributed by atoms with Crippen molar-refractivity contribution in [1.82, 2.24) is 14.9 Å². The molecule has 0 radical (unpaired) electrons. The molecule has 1 aliphatic rings. The minimum absolute atomic E-state index is 0.0398. The molecule has 0 bridgehead atoms. The molecule has 1 aromatic heterocycles. The van der Waals surface area contributed by atoms with Gasteiger partial charge in [-0.05, 0) is 37.6 Å². The van der Waals surface area contributed by atoms with Gasteiger partial charge in [-0.2, -0.15) is 23.4 Å². The summed E-state index contributed by atoms with van der Waals surface area (Å²) in [7, 11) is 3.44. The van der Waals surface area contributed by atoms with Gasteiger partial charge in [-0.25, -0.2) is 4.98 Å². The van der Waals surface area contributed by atoms with Crippen LogP contribution in [-0.4, -0.2) is 48.6 Å². The first kappa shape index (κ1) is 22.4. The summed E-state index contributed by atoms with van der Waals surface area (Å²) >= 11 is 0. The van der Waals surface area contributed by atoms with Crippen LogP contribution >= 0.6 is 0 Å². The average molecular weight is 431 g/mol. The number of anilines is 4. The lowest BCUT2D eigenvalue weighted by Crippen LogP contribution is -2.24. The molecule has 3 rings (SSSR count). The van der Waals surface area contributed by atoms with E-state index in [0.29, 0.717) is 5.69 Å². The molecular formula is C21H24F3N7. The van der Waals surface area contributed by atoms with Crippen LogP contribution in [0.3, 0.4) is 0 Å². The SMILES string of the molecule is CNc1nc(Nc2ccc(C3=CCN(C)CC3)c(NCC#N)c2C)ncc1C(F)(F)F. The number of nitrogens with one attached hydrogen (secondary N) is 3. The van der Waals surface area contributed by atoms with Crippen LogP contribution in [0.25, 0.3) is 5.57 Å². The molecule has 7 nitrogen and oxygen atoms in total. The van der Waals surface area contributed by atoms with Gasteiger partial charge in [-0.3, -0.25) is 0 Å². The van der Waals surface area contributed by atoms with Crippen molar-refractivity contribution in [3.8, 4) is 6.07 Å². The van der Waals surface area contributed by atoms with Crippen molar-refractivity contribution in [3.05, 3.63) is 41.1 Å². The molecule has 0 aliphatic carbocycles. The zero-order valence-electron chi connectivity index (χ0n) is 17.6. The predicted molar refractivity (Wildman–Crippen MR) is 115 cm³/mol. The van der Waals surface area contributed by atoms with E-state index >= 15 is 0 Å². The topological polar surface area (TPSA) is 88.9 Å². The van der Waals surface area contributed by atoms with Crippen LogP contribution in [0.15, 0.2) is 24.4 Å². The average Bonchev–Trinajstić information content (AvgIpc) is 2.74. The Hall–Kier alpha value is -3.32. The van der Waals surface area contributed by atoms with Crippen LogP contribution in [-0.2, 0) is 6.18 Å². The van der Waals surface area contributed by atoms with E-state index in [2.05, 4.69) is 50.0 Å². The largest absolute Gasteiger partial charge is 0.421 e. The second-order valence-electron chi connectivity index (χ2n) is 7.24.